The second-order valence-corrected chi connectivity index (χ2v) is 5.87. The molecule has 0 aromatic carbocycles. The van der Waals surface area contributed by atoms with Gasteiger partial charge in [0.2, 0.25) is 0 Å². The average Bonchev–Trinajstić information content (AvgIpc) is 2.32. The molecule has 0 heterocycles. The molecule has 1 heteroatoms. The second-order valence-electron chi connectivity index (χ2n) is 5.87. The lowest BCUT2D eigenvalue weighted by Gasteiger charge is -2.37. The van der Waals surface area contributed by atoms with Crippen LogP contribution >= 0.6 is 0 Å². The molecule has 0 aliphatic heterocycles. The average molecular weight is 241 g/mol. The first kappa shape index (κ1) is 17.0. The second kappa shape index (κ2) is 8.97. The van der Waals surface area contributed by atoms with Crippen molar-refractivity contribution >= 4 is 0 Å². The molecule has 0 fully saturated rings. The molecule has 0 radical (unpaired) electrons. The highest BCUT2D eigenvalue weighted by atomic mass is 14.9. The molecular formula is C16H35N. The molecule has 104 valence electrons. The summed E-state index contributed by atoms with van der Waals surface area (Å²) in [4.78, 5) is 0. The van der Waals surface area contributed by atoms with Crippen molar-refractivity contribution in [3.05, 3.63) is 0 Å². The van der Waals surface area contributed by atoms with Crippen molar-refractivity contribution < 1.29 is 0 Å². The molecule has 4 unspecified atom stereocenters. The molecule has 17 heavy (non-hydrogen) atoms. The third-order valence-corrected chi connectivity index (χ3v) is 4.37. The van der Waals surface area contributed by atoms with Gasteiger partial charge in [-0.05, 0) is 24.2 Å². The van der Waals surface area contributed by atoms with Gasteiger partial charge in [-0.15, -0.1) is 0 Å². The molecule has 0 aromatic heterocycles. The van der Waals surface area contributed by atoms with Gasteiger partial charge in [-0.3, -0.25) is 0 Å². The molecule has 0 spiro atoms. The van der Waals surface area contributed by atoms with Crippen LogP contribution in [-0.4, -0.2) is 12.1 Å². The van der Waals surface area contributed by atoms with Crippen molar-refractivity contribution in [2.24, 2.45) is 17.8 Å². The molecule has 1 N–H and O–H groups in total. The quantitative estimate of drug-likeness (QED) is 0.608. The van der Waals surface area contributed by atoms with Crippen LogP contribution in [0, 0.1) is 17.8 Å². The minimum atomic E-state index is 0.600. The fraction of sp³-hybridized carbons (Fsp3) is 1.00. The van der Waals surface area contributed by atoms with Crippen molar-refractivity contribution in [1.82, 2.24) is 5.32 Å². The highest BCUT2D eigenvalue weighted by molar-refractivity contribution is 4.83. The lowest BCUT2D eigenvalue weighted by molar-refractivity contribution is 0.163. The Bertz CT molecular complexity index is 176. The number of nitrogens with one attached hydrogen (secondary N) is 1. The summed E-state index contributed by atoms with van der Waals surface area (Å²) >= 11 is 0. The van der Waals surface area contributed by atoms with Gasteiger partial charge in [0, 0.05) is 12.1 Å². The van der Waals surface area contributed by atoms with Crippen molar-refractivity contribution in [2.75, 3.05) is 0 Å². The Balaban J connectivity index is 4.73. The summed E-state index contributed by atoms with van der Waals surface area (Å²) in [5.41, 5.74) is 0. The number of hydrogen-bond acceptors (Lipinski definition) is 1. The zero-order chi connectivity index (χ0) is 13.4. The van der Waals surface area contributed by atoms with Gasteiger partial charge in [-0.1, -0.05) is 67.7 Å². The standard InChI is InChI=1S/C16H35N/c1-8-13(7)14(9-2)15(10-3)16(11-4)17-12(5)6/h12-17H,8-11H2,1-7H3. The smallest absolute Gasteiger partial charge is 0.00977 e. The van der Waals surface area contributed by atoms with E-state index in [2.05, 4.69) is 53.8 Å². The molecule has 0 rings (SSSR count). The molecular weight excluding hydrogens is 206 g/mol. The topological polar surface area (TPSA) is 12.0 Å². The first-order valence-corrected chi connectivity index (χ1v) is 7.77. The van der Waals surface area contributed by atoms with Crippen LogP contribution in [0.4, 0.5) is 0 Å². The summed E-state index contributed by atoms with van der Waals surface area (Å²) in [6.45, 7) is 16.3. The molecule has 0 amide bonds. The lowest BCUT2D eigenvalue weighted by Crippen LogP contribution is -2.43. The molecule has 0 aliphatic rings. The van der Waals surface area contributed by atoms with Crippen LogP contribution < -0.4 is 5.32 Å². The maximum absolute atomic E-state index is 3.77. The minimum absolute atomic E-state index is 0.600. The summed E-state index contributed by atoms with van der Waals surface area (Å²) in [6, 6.07) is 1.29. The van der Waals surface area contributed by atoms with Crippen LogP contribution in [-0.2, 0) is 0 Å². The van der Waals surface area contributed by atoms with E-state index < -0.39 is 0 Å². The SMILES string of the molecule is CCC(C)C(CC)C(CC)C(CC)NC(C)C. The van der Waals surface area contributed by atoms with Gasteiger partial charge >= 0.3 is 0 Å². The molecule has 0 saturated carbocycles. The molecule has 1 nitrogen and oxygen atoms in total. The maximum Gasteiger partial charge on any atom is 0.00977 e. The van der Waals surface area contributed by atoms with E-state index in [-0.39, 0.29) is 0 Å². The lowest BCUT2D eigenvalue weighted by atomic mass is 9.74. The van der Waals surface area contributed by atoms with E-state index in [1.54, 1.807) is 0 Å². The van der Waals surface area contributed by atoms with E-state index in [9.17, 15) is 0 Å². The number of rotatable bonds is 9. The highest BCUT2D eigenvalue weighted by Gasteiger charge is 2.29. The summed E-state index contributed by atoms with van der Waals surface area (Å²) in [7, 11) is 0. The molecule has 4 atom stereocenters. The summed E-state index contributed by atoms with van der Waals surface area (Å²) in [5.74, 6) is 2.57. The van der Waals surface area contributed by atoms with Crippen LogP contribution in [0.2, 0.25) is 0 Å². The van der Waals surface area contributed by atoms with E-state index in [4.69, 9.17) is 0 Å². The molecule has 0 aliphatic carbocycles. The Hall–Kier alpha value is -0.0400. The van der Waals surface area contributed by atoms with Crippen molar-refractivity contribution in [3.63, 3.8) is 0 Å². The van der Waals surface area contributed by atoms with Crippen LogP contribution in [0.15, 0.2) is 0 Å². The third kappa shape index (κ3) is 5.42. The predicted molar refractivity (Wildman–Crippen MR) is 79.4 cm³/mol. The van der Waals surface area contributed by atoms with E-state index in [0.29, 0.717) is 12.1 Å². The molecule has 0 saturated heterocycles. The van der Waals surface area contributed by atoms with Gasteiger partial charge in [0.15, 0.2) is 0 Å². The fourth-order valence-corrected chi connectivity index (χ4v) is 3.29. The van der Waals surface area contributed by atoms with Crippen LogP contribution in [0.1, 0.15) is 74.1 Å². The Morgan fingerprint density at radius 3 is 1.53 bits per heavy atom. The van der Waals surface area contributed by atoms with Crippen molar-refractivity contribution in [3.8, 4) is 0 Å². The largest absolute Gasteiger partial charge is 0.312 e. The maximum atomic E-state index is 3.77. The van der Waals surface area contributed by atoms with E-state index >= 15 is 0 Å². The Labute approximate surface area is 110 Å². The van der Waals surface area contributed by atoms with Gasteiger partial charge in [0.1, 0.15) is 0 Å². The molecule has 0 bridgehead atoms. The third-order valence-electron chi connectivity index (χ3n) is 4.37. The summed E-state index contributed by atoms with van der Waals surface area (Å²) in [5, 5.41) is 3.77. The van der Waals surface area contributed by atoms with Crippen LogP contribution in [0.3, 0.4) is 0 Å². The monoisotopic (exact) mass is 241 g/mol. The first-order valence-electron chi connectivity index (χ1n) is 7.77. The normalized spacial score (nSPS) is 19.1. The fourth-order valence-electron chi connectivity index (χ4n) is 3.29. The Morgan fingerprint density at radius 2 is 1.24 bits per heavy atom. The minimum Gasteiger partial charge on any atom is -0.312 e. The van der Waals surface area contributed by atoms with E-state index in [0.717, 1.165) is 17.8 Å². The van der Waals surface area contributed by atoms with Gasteiger partial charge in [0.25, 0.3) is 0 Å². The first-order chi connectivity index (χ1) is 8.01. The van der Waals surface area contributed by atoms with Crippen LogP contribution in [0.5, 0.6) is 0 Å². The van der Waals surface area contributed by atoms with E-state index in [1.807, 2.05) is 0 Å². The zero-order valence-electron chi connectivity index (χ0n) is 13.2. The van der Waals surface area contributed by atoms with Gasteiger partial charge in [-0.2, -0.15) is 0 Å². The Kier molecular flexibility index (Phi) is 8.94. The Morgan fingerprint density at radius 1 is 0.706 bits per heavy atom. The van der Waals surface area contributed by atoms with Gasteiger partial charge in [-0.25, -0.2) is 0 Å². The highest BCUT2D eigenvalue weighted by Crippen LogP contribution is 2.32. The van der Waals surface area contributed by atoms with E-state index in [1.165, 1.54) is 25.7 Å². The number of hydrogen-bond donors (Lipinski definition) is 1. The van der Waals surface area contributed by atoms with Crippen molar-refractivity contribution in [1.29, 1.82) is 0 Å². The van der Waals surface area contributed by atoms with Crippen molar-refractivity contribution in [2.45, 2.75) is 86.2 Å². The zero-order valence-corrected chi connectivity index (χ0v) is 13.2. The molecule has 0 aromatic rings. The summed E-state index contributed by atoms with van der Waals surface area (Å²) in [6.07, 6.45) is 5.20. The van der Waals surface area contributed by atoms with Gasteiger partial charge < -0.3 is 5.32 Å². The van der Waals surface area contributed by atoms with Crippen LogP contribution in [0.25, 0.3) is 0 Å². The summed E-state index contributed by atoms with van der Waals surface area (Å²) < 4.78 is 0. The van der Waals surface area contributed by atoms with Gasteiger partial charge in [0.05, 0.1) is 0 Å². The predicted octanol–water partition coefficient (Wildman–Crippen LogP) is 4.86.